The van der Waals surface area contributed by atoms with E-state index in [1.807, 2.05) is 36.4 Å². The average Bonchev–Trinajstić information content (AvgIpc) is 3.44. The van der Waals surface area contributed by atoms with E-state index in [9.17, 15) is 9.59 Å². The van der Waals surface area contributed by atoms with Crippen LogP contribution in [0.2, 0.25) is 0 Å². The number of hydrogen-bond acceptors (Lipinski definition) is 7. The predicted octanol–water partition coefficient (Wildman–Crippen LogP) is 4.04. The highest BCUT2D eigenvalue weighted by atomic mass is 16.5. The molecule has 0 spiro atoms. The molecule has 0 aliphatic carbocycles. The number of aryl methyl sites for hydroxylation is 1. The number of aromatic nitrogens is 4. The summed E-state index contributed by atoms with van der Waals surface area (Å²) in [6.07, 6.45) is 3.15. The molecule has 0 fully saturated rings. The fourth-order valence-corrected chi connectivity index (χ4v) is 3.85. The molecule has 0 amide bonds. The minimum absolute atomic E-state index is 0.0990. The Morgan fingerprint density at radius 3 is 2.53 bits per heavy atom. The maximum absolute atomic E-state index is 12.3. The van der Waals surface area contributed by atoms with Gasteiger partial charge in [-0.25, -0.2) is 9.59 Å². The molecule has 0 aliphatic heterocycles. The smallest absolute Gasteiger partial charge is 0.439 e. The second-order valence-electron chi connectivity index (χ2n) is 7.89. The van der Waals surface area contributed by atoms with Gasteiger partial charge >= 0.3 is 11.7 Å². The van der Waals surface area contributed by atoms with Crippen LogP contribution in [0.3, 0.4) is 0 Å². The summed E-state index contributed by atoms with van der Waals surface area (Å²) in [5.74, 6) is 0.0770. The van der Waals surface area contributed by atoms with Crippen molar-refractivity contribution in [1.29, 1.82) is 0 Å². The Balaban J connectivity index is 1.52. The van der Waals surface area contributed by atoms with E-state index in [2.05, 4.69) is 44.1 Å². The van der Waals surface area contributed by atoms with Gasteiger partial charge in [0.2, 0.25) is 0 Å². The van der Waals surface area contributed by atoms with Crippen molar-refractivity contribution in [2.45, 2.75) is 32.7 Å². The van der Waals surface area contributed by atoms with Crippen molar-refractivity contribution in [3.05, 3.63) is 76.4 Å². The second kappa shape index (κ2) is 10.2. The van der Waals surface area contributed by atoms with Gasteiger partial charge in [-0.05, 0) is 36.5 Å². The van der Waals surface area contributed by atoms with E-state index in [1.54, 1.807) is 18.7 Å². The van der Waals surface area contributed by atoms with E-state index in [4.69, 9.17) is 4.74 Å². The number of rotatable bonds is 9. The largest absolute Gasteiger partial charge is 0.462 e. The van der Waals surface area contributed by atoms with Crippen LogP contribution in [0.1, 0.15) is 36.2 Å². The number of aromatic amines is 1. The van der Waals surface area contributed by atoms with E-state index in [-0.39, 0.29) is 12.0 Å². The van der Waals surface area contributed by atoms with Crippen LogP contribution >= 0.6 is 0 Å². The monoisotopic (exact) mass is 461 g/mol. The van der Waals surface area contributed by atoms with E-state index in [0.29, 0.717) is 23.8 Å². The van der Waals surface area contributed by atoms with Gasteiger partial charge in [0.05, 0.1) is 12.8 Å². The third-order valence-corrected chi connectivity index (χ3v) is 5.64. The molecule has 2 aromatic carbocycles. The molecule has 1 unspecified atom stereocenters. The Bertz CT molecular complexity index is 1320. The van der Waals surface area contributed by atoms with E-state index >= 15 is 0 Å². The molecule has 2 N–H and O–H groups in total. The van der Waals surface area contributed by atoms with Gasteiger partial charge in [-0.3, -0.25) is 14.2 Å². The zero-order chi connectivity index (χ0) is 24.1. The second-order valence-corrected chi connectivity index (χ2v) is 7.89. The normalized spacial score (nSPS) is 11.9. The summed E-state index contributed by atoms with van der Waals surface area (Å²) in [4.78, 5) is 26.3. The molecule has 1 atom stereocenters. The number of carbonyl (C=O) groups is 1. The molecule has 4 rings (SSSR count). The van der Waals surface area contributed by atoms with Crippen LogP contribution in [-0.2, 0) is 18.2 Å². The average molecular weight is 462 g/mol. The van der Waals surface area contributed by atoms with Gasteiger partial charge in [0.1, 0.15) is 11.4 Å². The Kier molecular flexibility index (Phi) is 6.91. The third-order valence-electron chi connectivity index (χ3n) is 5.64. The lowest BCUT2D eigenvalue weighted by Gasteiger charge is -2.19. The number of nitrogens with one attached hydrogen (secondary N) is 2. The minimum Gasteiger partial charge on any atom is -0.462 e. The molecular weight excluding hydrogens is 434 g/mol. The van der Waals surface area contributed by atoms with Crippen LogP contribution in [-0.4, -0.2) is 38.5 Å². The molecule has 0 saturated carbocycles. The number of esters is 1. The molecular formula is C25H27N5O4. The third kappa shape index (κ3) is 4.93. The van der Waals surface area contributed by atoms with Crippen molar-refractivity contribution in [2.75, 3.05) is 11.9 Å². The fraction of sp³-hybridized carbons (Fsp3) is 0.280. The standard InChI is InChI=1S/C25H27N5O4/c1-4-18(27-23-21(15-26-30(23)3)24(31)33-5-2)14-16-10-12-17(13-11-16)19-8-6-7-9-20(19)22-28-25(32)34-29-22/h6-13,15,18,27H,4-5,14H2,1-3H3,(H,28,29,32). The SMILES string of the molecule is CCOC(=O)c1cnn(C)c1NC(CC)Cc1ccc(-c2ccccc2-c2noc(=O)[nH]2)cc1. The lowest BCUT2D eigenvalue weighted by Crippen LogP contribution is -2.24. The molecule has 9 nitrogen and oxygen atoms in total. The molecule has 0 bridgehead atoms. The van der Waals surface area contributed by atoms with Crippen LogP contribution in [0.15, 0.2) is 64.0 Å². The van der Waals surface area contributed by atoms with Crippen LogP contribution in [0.5, 0.6) is 0 Å². The van der Waals surface area contributed by atoms with Gasteiger partial charge < -0.3 is 10.1 Å². The molecule has 176 valence electrons. The number of carbonyl (C=O) groups excluding carboxylic acids is 1. The molecule has 0 radical (unpaired) electrons. The molecule has 4 aromatic rings. The summed E-state index contributed by atoms with van der Waals surface area (Å²) in [5, 5.41) is 11.5. The summed E-state index contributed by atoms with van der Waals surface area (Å²) in [7, 11) is 1.80. The van der Waals surface area contributed by atoms with Crippen molar-refractivity contribution in [1.82, 2.24) is 19.9 Å². The zero-order valence-electron chi connectivity index (χ0n) is 19.4. The van der Waals surface area contributed by atoms with Crippen molar-refractivity contribution >= 4 is 11.8 Å². The highest BCUT2D eigenvalue weighted by Gasteiger charge is 2.20. The first-order chi connectivity index (χ1) is 16.5. The number of nitrogens with zero attached hydrogens (tertiary/aromatic N) is 3. The molecule has 2 aromatic heterocycles. The van der Waals surface area contributed by atoms with Gasteiger partial charge in [-0.1, -0.05) is 60.6 Å². The highest BCUT2D eigenvalue weighted by Crippen LogP contribution is 2.30. The van der Waals surface area contributed by atoms with E-state index < -0.39 is 5.76 Å². The zero-order valence-corrected chi connectivity index (χ0v) is 19.4. The maximum Gasteiger partial charge on any atom is 0.439 e. The Hall–Kier alpha value is -4.14. The summed E-state index contributed by atoms with van der Waals surface area (Å²) in [6.45, 7) is 4.19. The van der Waals surface area contributed by atoms with Crippen molar-refractivity contribution in [3.63, 3.8) is 0 Å². The summed E-state index contributed by atoms with van der Waals surface area (Å²) >= 11 is 0. The van der Waals surface area contributed by atoms with E-state index in [1.165, 1.54) is 6.20 Å². The molecule has 0 aliphatic rings. The highest BCUT2D eigenvalue weighted by molar-refractivity contribution is 5.94. The van der Waals surface area contributed by atoms with Crippen molar-refractivity contribution < 1.29 is 14.1 Å². The molecule has 2 heterocycles. The first-order valence-corrected chi connectivity index (χ1v) is 11.2. The number of benzene rings is 2. The van der Waals surface area contributed by atoms with Crippen LogP contribution in [0, 0.1) is 0 Å². The van der Waals surface area contributed by atoms with Gasteiger partial charge in [0.25, 0.3) is 0 Å². The number of H-pyrrole nitrogens is 1. The maximum atomic E-state index is 12.3. The van der Waals surface area contributed by atoms with Gasteiger partial charge in [-0.2, -0.15) is 5.10 Å². The first-order valence-electron chi connectivity index (χ1n) is 11.2. The van der Waals surface area contributed by atoms with Gasteiger partial charge in [0, 0.05) is 18.7 Å². The predicted molar refractivity (Wildman–Crippen MR) is 129 cm³/mol. The number of hydrogen-bond donors (Lipinski definition) is 2. The Morgan fingerprint density at radius 1 is 1.15 bits per heavy atom. The van der Waals surface area contributed by atoms with Gasteiger partial charge in [-0.15, -0.1) is 0 Å². The quantitative estimate of drug-likeness (QED) is 0.362. The lowest BCUT2D eigenvalue weighted by molar-refractivity contribution is 0.0527. The summed E-state index contributed by atoms with van der Waals surface area (Å²) in [5.41, 5.74) is 4.31. The minimum atomic E-state index is -0.585. The fourth-order valence-electron chi connectivity index (χ4n) is 3.85. The topological polar surface area (TPSA) is 115 Å². The molecule has 9 heteroatoms. The van der Waals surface area contributed by atoms with Crippen LogP contribution in [0.25, 0.3) is 22.5 Å². The molecule has 34 heavy (non-hydrogen) atoms. The lowest BCUT2D eigenvalue weighted by atomic mass is 9.96. The molecule has 0 saturated heterocycles. The number of ether oxygens (including phenoxy) is 1. The van der Waals surface area contributed by atoms with Gasteiger partial charge in [0.15, 0.2) is 5.82 Å². The Labute approximate surface area is 196 Å². The summed E-state index contributed by atoms with van der Waals surface area (Å²) in [6, 6.07) is 16.1. The van der Waals surface area contributed by atoms with Crippen molar-refractivity contribution in [3.8, 4) is 22.5 Å². The van der Waals surface area contributed by atoms with Crippen LogP contribution in [0.4, 0.5) is 5.82 Å². The van der Waals surface area contributed by atoms with Crippen molar-refractivity contribution in [2.24, 2.45) is 7.05 Å². The van der Waals surface area contributed by atoms with Crippen LogP contribution < -0.4 is 11.1 Å². The number of anilines is 1. The first kappa shape index (κ1) is 23.0. The Morgan fingerprint density at radius 2 is 1.88 bits per heavy atom. The van der Waals surface area contributed by atoms with E-state index in [0.717, 1.165) is 35.1 Å². The summed E-state index contributed by atoms with van der Waals surface area (Å²) < 4.78 is 11.5.